The van der Waals surface area contributed by atoms with Crippen LogP contribution in [-0.4, -0.2) is 54.0 Å². The van der Waals surface area contributed by atoms with Crippen molar-refractivity contribution in [2.24, 2.45) is 0 Å². The number of piperazine rings is 1. The fourth-order valence-corrected chi connectivity index (χ4v) is 5.29. The molecule has 2 aromatic rings. The van der Waals surface area contributed by atoms with Gasteiger partial charge in [0.15, 0.2) is 0 Å². The topological polar surface area (TPSA) is 26.8 Å². The van der Waals surface area contributed by atoms with Gasteiger partial charge in [0.25, 0.3) is 0 Å². The molecule has 1 saturated carbocycles. The Labute approximate surface area is 181 Å². The first-order valence-corrected chi connectivity index (χ1v) is 11.5. The Hall–Kier alpha value is -2.17. The summed E-state index contributed by atoms with van der Waals surface area (Å²) in [5.74, 6) is 0.147. The highest BCUT2D eigenvalue weighted by atomic mass is 16.2. The maximum atomic E-state index is 12.6. The third kappa shape index (κ3) is 4.93. The molecule has 4 rings (SSSR count). The summed E-state index contributed by atoms with van der Waals surface area (Å²) < 4.78 is 0. The molecule has 0 bridgehead atoms. The second-order valence-corrected chi connectivity index (χ2v) is 8.97. The smallest absolute Gasteiger partial charge is 0.223 e. The molecular formula is C26H35N3O. The summed E-state index contributed by atoms with van der Waals surface area (Å²) in [6.07, 6.45) is 6.25. The number of carbonyl (C=O) groups excluding carboxylic acids is 1. The van der Waals surface area contributed by atoms with Crippen LogP contribution in [-0.2, 0) is 11.3 Å². The average molecular weight is 406 g/mol. The highest BCUT2D eigenvalue weighted by Crippen LogP contribution is 2.36. The lowest BCUT2D eigenvalue weighted by atomic mass is 9.79. The van der Waals surface area contributed by atoms with Crippen LogP contribution in [0.3, 0.4) is 0 Å². The molecule has 1 heterocycles. The molecule has 0 atom stereocenters. The SMILES string of the molecule is CC(=O)N(CC1(N2CCN(Cc3ccccc3)CC2)CCCCC1)c1ccccc1. The summed E-state index contributed by atoms with van der Waals surface area (Å²) in [5.41, 5.74) is 2.53. The van der Waals surface area contributed by atoms with Crippen LogP contribution in [0.25, 0.3) is 0 Å². The van der Waals surface area contributed by atoms with Gasteiger partial charge in [-0.25, -0.2) is 0 Å². The van der Waals surface area contributed by atoms with E-state index in [-0.39, 0.29) is 11.4 Å². The van der Waals surface area contributed by atoms with Gasteiger partial charge in [-0.05, 0) is 30.5 Å². The van der Waals surface area contributed by atoms with Crippen molar-refractivity contribution < 1.29 is 4.79 Å². The molecule has 1 saturated heterocycles. The molecule has 0 radical (unpaired) electrons. The molecule has 160 valence electrons. The third-order valence-electron chi connectivity index (χ3n) is 6.98. The van der Waals surface area contributed by atoms with Crippen LogP contribution in [0.1, 0.15) is 44.6 Å². The molecule has 2 fully saturated rings. The molecule has 1 aliphatic carbocycles. The molecule has 2 aromatic carbocycles. The lowest BCUT2D eigenvalue weighted by Gasteiger charge is -2.51. The Morgan fingerprint density at radius 1 is 0.867 bits per heavy atom. The van der Waals surface area contributed by atoms with Crippen LogP contribution in [0.4, 0.5) is 5.69 Å². The first kappa shape index (κ1) is 21.1. The van der Waals surface area contributed by atoms with Crippen LogP contribution in [0.5, 0.6) is 0 Å². The molecule has 1 aliphatic heterocycles. The number of hydrogen-bond donors (Lipinski definition) is 0. The minimum atomic E-state index is 0.110. The van der Waals surface area contributed by atoms with Crippen molar-refractivity contribution in [3.8, 4) is 0 Å². The standard InChI is InChI=1S/C26H35N3O/c1-23(30)29(25-13-7-3-8-14-25)22-26(15-9-4-10-16-26)28-19-17-27(18-20-28)21-24-11-5-2-6-12-24/h2-3,5-8,11-14H,4,9-10,15-22H2,1H3. The number of benzene rings is 2. The molecular weight excluding hydrogens is 370 g/mol. The summed E-state index contributed by atoms with van der Waals surface area (Å²) in [6, 6.07) is 21.0. The van der Waals surface area contributed by atoms with Gasteiger partial charge < -0.3 is 4.90 Å². The summed E-state index contributed by atoms with van der Waals surface area (Å²) in [6.45, 7) is 7.93. The van der Waals surface area contributed by atoms with Crippen molar-refractivity contribution in [1.29, 1.82) is 0 Å². The highest BCUT2D eigenvalue weighted by molar-refractivity contribution is 5.91. The van der Waals surface area contributed by atoms with E-state index in [9.17, 15) is 4.79 Å². The largest absolute Gasteiger partial charge is 0.311 e. The minimum Gasteiger partial charge on any atom is -0.311 e. The van der Waals surface area contributed by atoms with Crippen LogP contribution in [0.2, 0.25) is 0 Å². The van der Waals surface area contributed by atoms with E-state index >= 15 is 0 Å². The fourth-order valence-electron chi connectivity index (χ4n) is 5.29. The fraction of sp³-hybridized carbons (Fsp3) is 0.500. The Bertz CT molecular complexity index is 794. The zero-order chi connectivity index (χ0) is 20.8. The van der Waals surface area contributed by atoms with Crippen LogP contribution >= 0.6 is 0 Å². The molecule has 4 heteroatoms. The van der Waals surface area contributed by atoms with Crippen LogP contribution in [0, 0.1) is 0 Å². The van der Waals surface area contributed by atoms with Crippen molar-refractivity contribution in [3.05, 3.63) is 66.2 Å². The van der Waals surface area contributed by atoms with E-state index in [1.807, 2.05) is 23.1 Å². The van der Waals surface area contributed by atoms with E-state index in [0.717, 1.165) is 45.0 Å². The van der Waals surface area contributed by atoms with Gasteiger partial charge in [0.1, 0.15) is 0 Å². The maximum absolute atomic E-state index is 12.6. The zero-order valence-electron chi connectivity index (χ0n) is 18.3. The van der Waals surface area contributed by atoms with Gasteiger partial charge in [0.05, 0.1) is 0 Å². The molecule has 4 nitrogen and oxygen atoms in total. The van der Waals surface area contributed by atoms with E-state index in [2.05, 4.69) is 52.3 Å². The number of anilines is 1. The normalized spacial score (nSPS) is 20.0. The second kappa shape index (κ2) is 9.76. The Morgan fingerprint density at radius 2 is 1.47 bits per heavy atom. The van der Waals surface area contributed by atoms with E-state index in [1.165, 1.54) is 37.7 Å². The monoisotopic (exact) mass is 405 g/mol. The predicted molar refractivity (Wildman–Crippen MR) is 124 cm³/mol. The number of rotatable bonds is 6. The van der Waals surface area contributed by atoms with Crippen molar-refractivity contribution in [2.75, 3.05) is 37.6 Å². The lowest BCUT2D eigenvalue weighted by Crippen LogP contribution is -2.62. The molecule has 0 N–H and O–H groups in total. The molecule has 0 aromatic heterocycles. The molecule has 2 aliphatic rings. The third-order valence-corrected chi connectivity index (χ3v) is 6.98. The number of nitrogens with zero attached hydrogens (tertiary/aromatic N) is 3. The van der Waals surface area contributed by atoms with Crippen LogP contribution < -0.4 is 4.90 Å². The number of para-hydroxylation sites is 1. The molecule has 1 amide bonds. The Kier molecular flexibility index (Phi) is 6.86. The van der Waals surface area contributed by atoms with Gasteiger partial charge in [0, 0.05) is 57.4 Å². The second-order valence-electron chi connectivity index (χ2n) is 8.97. The Morgan fingerprint density at radius 3 is 2.07 bits per heavy atom. The van der Waals surface area contributed by atoms with Crippen LogP contribution in [0.15, 0.2) is 60.7 Å². The van der Waals surface area contributed by atoms with Crippen molar-refractivity contribution >= 4 is 11.6 Å². The van der Waals surface area contributed by atoms with Gasteiger partial charge in [0.2, 0.25) is 5.91 Å². The van der Waals surface area contributed by atoms with E-state index in [1.54, 1.807) is 6.92 Å². The maximum Gasteiger partial charge on any atom is 0.223 e. The molecule has 0 spiro atoms. The van der Waals surface area contributed by atoms with E-state index in [4.69, 9.17) is 0 Å². The summed E-state index contributed by atoms with van der Waals surface area (Å²) in [5, 5.41) is 0. The highest BCUT2D eigenvalue weighted by Gasteiger charge is 2.41. The summed E-state index contributed by atoms with van der Waals surface area (Å²) >= 11 is 0. The number of carbonyl (C=O) groups is 1. The van der Waals surface area contributed by atoms with Gasteiger partial charge in [-0.1, -0.05) is 67.8 Å². The Balaban J connectivity index is 1.46. The first-order chi connectivity index (χ1) is 14.7. The van der Waals surface area contributed by atoms with E-state index in [0.29, 0.717) is 0 Å². The quantitative estimate of drug-likeness (QED) is 0.705. The van der Waals surface area contributed by atoms with Crippen molar-refractivity contribution in [2.45, 2.75) is 51.1 Å². The first-order valence-electron chi connectivity index (χ1n) is 11.5. The minimum absolute atomic E-state index is 0.110. The zero-order valence-corrected chi connectivity index (χ0v) is 18.3. The predicted octanol–water partition coefficient (Wildman–Crippen LogP) is 4.56. The van der Waals surface area contributed by atoms with Gasteiger partial charge in [-0.2, -0.15) is 0 Å². The number of hydrogen-bond acceptors (Lipinski definition) is 3. The van der Waals surface area contributed by atoms with Gasteiger partial charge in [-0.15, -0.1) is 0 Å². The lowest BCUT2D eigenvalue weighted by molar-refractivity contribution is -0.117. The average Bonchev–Trinajstić information content (AvgIpc) is 2.80. The van der Waals surface area contributed by atoms with Crippen molar-refractivity contribution in [3.63, 3.8) is 0 Å². The van der Waals surface area contributed by atoms with Gasteiger partial charge >= 0.3 is 0 Å². The molecule has 0 unspecified atom stereocenters. The molecule has 30 heavy (non-hydrogen) atoms. The van der Waals surface area contributed by atoms with Crippen molar-refractivity contribution in [1.82, 2.24) is 9.80 Å². The number of amides is 1. The summed E-state index contributed by atoms with van der Waals surface area (Å²) in [4.78, 5) is 19.9. The van der Waals surface area contributed by atoms with E-state index < -0.39 is 0 Å². The van der Waals surface area contributed by atoms with Gasteiger partial charge in [-0.3, -0.25) is 14.6 Å². The summed E-state index contributed by atoms with van der Waals surface area (Å²) in [7, 11) is 0.